The van der Waals surface area contributed by atoms with Crippen molar-refractivity contribution >= 4 is 24.1 Å². The summed E-state index contributed by atoms with van der Waals surface area (Å²) in [5.74, 6) is -1.71. The summed E-state index contributed by atoms with van der Waals surface area (Å²) in [6.45, 7) is -0.214. The van der Waals surface area contributed by atoms with E-state index in [1.165, 1.54) is 13.3 Å². The molecule has 0 N–H and O–H groups in total. The first-order valence-electron chi connectivity index (χ1n) is 13.7. The number of oxime groups is 1. The standard InChI is InChI=1S/C34H29NO9/c1-39-35-21-23-17-19-27(20-18-23)41-34-30(44-33(38)26-15-9-4-10-16-26)29(43-32(37)25-13-7-3-8-14-25)28(22-40-34)42-31(36)24-11-5-2-6-12-24/h2-21,28-30,34H,22H2,1H3/b35-21-/t28-,29+,30-,34+/m1/s1. The Morgan fingerprint density at radius 1 is 0.659 bits per heavy atom. The summed E-state index contributed by atoms with van der Waals surface area (Å²) >= 11 is 0. The van der Waals surface area contributed by atoms with Gasteiger partial charge in [0.15, 0.2) is 12.2 Å². The van der Waals surface area contributed by atoms with Crippen LogP contribution in [0.1, 0.15) is 36.6 Å². The third-order valence-electron chi connectivity index (χ3n) is 6.60. The van der Waals surface area contributed by atoms with Gasteiger partial charge in [0, 0.05) is 0 Å². The maximum Gasteiger partial charge on any atom is 0.338 e. The molecule has 10 nitrogen and oxygen atoms in total. The Morgan fingerprint density at radius 2 is 1.14 bits per heavy atom. The predicted molar refractivity (Wildman–Crippen MR) is 158 cm³/mol. The molecule has 0 bridgehead atoms. The Bertz CT molecular complexity index is 1560. The molecular weight excluding hydrogens is 566 g/mol. The molecule has 1 heterocycles. The number of carbonyl (C=O) groups is 3. The van der Waals surface area contributed by atoms with Crippen LogP contribution in [-0.2, 0) is 23.8 Å². The minimum Gasteiger partial charge on any atom is -0.461 e. The van der Waals surface area contributed by atoms with Crippen molar-refractivity contribution in [2.75, 3.05) is 13.7 Å². The SMILES string of the molecule is CO/N=C\c1ccc(O[C@@H]2OC[C@@H](OC(=O)c3ccccc3)[C@H](OC(=O)c3ccccc3)[C@H]2OC(=O)c2ccccc2)cc1. The second kappa shape index (κ2) is 14.6. The van der Waals surface area contributed by atoms with Crippen molar-refractivity contribution in [2.24, 2.45) is 5.16 Å². The molecule has 44 heavy (non-hydrogen) atoms. The highest BCUT2D eigenvalue weighted by atomic mass is 16.7. The molecule has 0 aliphatic carbocycles. The molecule has 0 amide bonds. The van der Waals surface area contributed by atoms with Crippen LogP contribution in [0.25, 0.3) is 0 Å². The molecule has 4 aromatic rings. The fourth-order valence-electron chi connectivity index (χ4n) is 4.41. The molecule has 0 spiro atoms. The minimum absolute atomic E-state index is 0.214. The molecule has 0 aromatic heterocycles. The van der Waals surface area contributed by atoms with Crippen LogP contribution in [0.4, 0.5) is 0 Å². The molecule has 1 aliphatic rings. The first-order valence-corrected chi connectivity index (χ1v) is 13.7. The fraction of sp³-hybridized carbons (Fsp3) is 0.176. The third kappa shape index (κ3) is 7.67. The second-order valence-corrected chi connectivity index (χ2v) is 9.59. The van der Waals surface area contributed by atoms with Crippen molar-refractivity contribution in [1.82, 2.24) is 0 Å². The van der Waals surface area contributed by atoms with E-state index in [9.17, 15) is 14.4 Å². The number of nitrogens with zero attached hydrogens (tertiary/aromatic N) is 1. The van der Waals surface area contributed by atoms with Gasteiger partial charge in [-0.1, -0.05) is 59.8 Å². The van der Waals surface area contributed by atoms with E-state index >= 15 is 0 Å². The van der Waals surface area contributed by atoms with Crippen molar-refractivity contribution in [1.29, 1.82) is 0 Å². The Morgan fingerprint density at radius 3 is 1.64 bits per heavy atom. The highest BCUT2D eigenvalue weighted by Crippen LogP contribution is 2.29. The smallest absolute Gasteiger partial charge is 0.338 e. The van der Waals surface area contributed by atoms with E-state index in [0.717, 1.165) is 5.56 Å². The van der Waals surface area contributed by atoms with Crippen LogP contribution in [0.5, 0.6) is 5.75 Å². The van der Waals surface area contributed by atoms with Crippen LogP contribution < -0.4 is 4.74 Å². The lowest BCUT2D eigenvalue weighted by atomic mass is 10.0. The van der Waals surface area contributed by atoms with E-state index in [0.29, 0.717) is 5.75 Å². The van der Waals surface area contributed by atoms with Crippen molar-refractivity contribution < 1.29 is 42.9 Å². The molecule has 1 fully saturated rings. The molecular formula is C34H29NO9. The Hall–Kier alpha value is -5.48. The average Bonchev–Trinajstić information content (AvgIpc) is 3.07. The lowest BCUT2D eigenvalue weighted by Gasteiger charge is -2.40. The number of hydrogen-bond acceptors (Lipinski definition) is 10. The molecule has 1 saturated heterocycles. The summed E-state index contributed by atoms with van der Waals surface area (Å²) < 4.78 is 29.7. The molecule has 4 aromatic carbocycles. The van der Waals surface area contributed by atoms with Crippen molar-refractivity contribution in [3.8, 4) is 5.75 Å². The molecule has 0 unspecified atom stereocenters. The van der Waals surface area contributed by atoms with Crippen molar-refractivity contribution in [2.45, 2.75) is 24.6 Å². The number of ether oxygens (including phenoxy) is 5. The van der Waals surface area contributed by atoms with Crippen molar-refractivity contribution in [3.05, 3.63) is 138 Å². The number of rotatable bonds is 10. The maximum atomic E-state index is 13.3. The van der Waals surface area contributed by atoms with E-state index in [2.05, 4.69) is 5.16 Å². The number of carbonyl (C=O) groups excluding carboxylic acids is 3. The van der Waals surface area contributed by atoms with Crippen LogP contribution in [0.3, 0.4) is 0 Å². The highest BCUT2D eigenvalue weighted by molar-refractivity contribution is 5.91. The van der Waals surface area contributed by atoms with E-state index in [4.69, 9.17) is 28.5 Å². The largest absolute Gasteiger partial charge is 0.461 e. The van der Waals surface area contributed by atoms with Gasteiger partial charge >= 0.3 is 17.9 Å². The van der Waals surface area contributed by atoms with E-state index in [1.807, 2.05) is 0 Å². The summed E-state index contributed by atoms with van der Waals surface area (Å²) in [4.78, 5) is 44.4. The van der Waals surface area contributed by atoms with Crippen LogP contribution in [0.2, 0.25) is 0 Å². The Labute approximate surface area is 253 Å². The van der Waals surface area contributed by atoms with Gasteiger partial charge in [-0.05, 0) is 66.2 Å². The Balaban J connectivity index is 1.47. The quantitative estimate of drug-likeness (QED) is 0.107. The number of benzene rings is 4. The maximum absolute atomic E-state index is 13.3. The molecule has 4 atom stereocenters. The molecule has 10 heteroatoms. The van der Waals surface area contributed by atoms with Crippen LogP contribution in [0, 0.1) is 0 Å². The summed E-state index contributed by atoms with van der Waals surface area (Å²) in [5, 5.41) is 3.74. The van der Waals surface area contributed by atoms with Gasteiger partial charge in [-0.2, -0.15) is 0 Å². The average molecular weight is 596 g/mol. The van der Waals surface area contributed by atoms with Crippen LogP contribution >= 0.6 is 0 Å². The van der Waals surface area contributed by atoms with Gasteiger partial charge in [-0.3, -0.25) is 0 Å². The molecule has 224 valence electrons. The van der Waals surface area contributed by atoms with Gasteiger partial charge in [0.2, 0.25) is 12.4 Å². The highest BCUT2D eigenvalue weighted by Gasteiger charge is 2.49. The molecule has 0 radical (unpaired) electrons. The Kier molecular flexibility index (Phi) is 9.96. The normalized spacial score (nSPS) is 19.5. The van der Waals surface area contributed by atoms with Gasteiger partial charge in [0.25, 0.3) is 0 Å². The first kappa shape index (κ1) is 30.0. The number of hydrogen-bond donors (Lipinski definition) is 0. The summed E-state index contributed by atoms with van der Waals surface area (Å²) in [6, 6.07) is 31.8. The predicted octanol–water partition coefficient (Wildman–Crippen LogP) is 5.08. The van der Waals surface area contributed by atoms with E-state index in [-0.39, 0.29) is 23.3 Å². The van der Waals surface area contributed by atoms with Gasteiger partial charge in [-0.25, -0.2) is 14.4 Å². The van der Waals surface area contributed by atoms with Gasteiger partial charge in [0.05, 0.1) is 29.5 Å². The van der Waals surface area contributed by atoms with E-state index in [1.54, 1.807) is 115 Å². The lowest BCUT2D eigenvalue weighted by Crippen LogP contribution is -2.59. The zero-order valence-corrected chi connectivity index (χ0v) is 23.7. The molecule has 5 rings (SSSR count). The lowest BCUT2D eigenvalue weighted by molar-refractivity contribution is -0.241. The second-order valence-electron chi connectivity index (χ2n) is 9.59. The minimum atomic E-state index is -1.34. The summed E-state index contributed by atoms with van der Waals surface area (Å²) in [5.41, 5.74) is 1.54. The number of esters is 3. The summed E-state index contributed by atoms with van der Waals surface area (Å²) in [6.07, 6.45) is -3.49. The summed E-state index contributed by atoms with van der Waals surface area (Å²) in [7, 11) is 1.44. The molecule has 1 aliphatic heterocycles. The van der Waals surface area contributed by atoms with Gasteiger partial charge in [0.1, 0.15) is 12.9 Å². The first-order chi connectivity index (χ1) is 21.5. The monoisotopic (exact) mass is 595 g/mol. The zero-order valence-electron chi connectivity index (χ0n) is 23.7. The third-order valence-corrected chi connectivity index (χ3v) is 6.60. The van der Waals surface area contributed by atoms with Gasteiger partial charge in [-0.15, -0.1) is 0 Å². The van der Waals surface area contributed by atoms with E-state index < -0.39 is 42.5 Å². The van der Waals surface area contributed by atoms with Crippen LogP contribution in [0.15, 0.2) is 120 Å². The zero-order chi connectivity index (χ0) is 30.7. The van der Waals surface area contributed by atoms with Crippen molar-refractivity contribution in [3.63, 3.8) is 0 Å². The van der Waals surface area contributed by atoms with Gasteiger partial charge < -0.3 is 28.5 Å². The fourth-order valence-corrected chi connectivity index (χ4v) is 4.41. The van der Waals surface area contributed by atoms with Crippen LogP contribution in [-0.4, -0.2) is 62.4 Å². The molecule has 0 saturated carbocycles. The topological polar surface area (TPSA) is 119 Å².